The Labute approximate surface area is 98.7 Å². The SMILES string of the molecule is COc1ccc([C@@H]2N=C(N)NC(=S)N2)cc1. The molecule has 0 amide bonds. The van der Waals surface area contributed by atoms with Crippen molar-refractivity contribution in [3.63, 3.8) is 0 Å². The Hall–Kier alpha value is -1.82. The van der Waals surface area contributed by atoms with Gasteiger partial charge in [0.15, 0.2) is 11.1 Å². The smallest absolute Gasteiger partial charge is 0.197 e. The zero-order valence-corrected chi connectivity index (χ0v) is 9.54. The number of nitrogens with zero attached hydrogens (tertiary/aromatic N) is 1. The van der Waals surface area contributed by atoms with E-state index >= 15 is 0 Å². The van der Waals surface area contributed by atoms with Crippen molar-refractivity contribution in [1.82, 2.24) is 10.6 Å². The number of nitrogens with two attached hydrogens (primary N) is 1. The molecule has 0 saturated heterocycles. The minimum atomic E-state index is -0.236. The maximum atomic E-state index is 5.60. The number of hydrogen-bond acceptors (Lipinski definition) is 4. The van der Waals surface area contributed by atoms with Crippen LogP contribution >= 0.6 is 12.2 Å². The molecule has 4 N–H and O–H groups in total. The zero-order chi connectivity index (χ0) is 11.5. The minimum absolute atomic E-state index is 0.236. The number of benzene rings is 1. The Kier molecular flexibility index (Phi) is 2.91. The summed E-state index contributed by atoms with van der Waals surface area (Å²) in [7, 11) is 1.63. The van der Waals surface area contributed by atoms with E-state index in [0.717, 1.165) is 11.3 Å². The topological polar surface area (TPSA) is 71.7 Å². The average molecular weight is 236 g/mol. The van der Waals surface area contributed by atoms with Crippen LogP contribution in [0.4, 0.5) is 0 Å². The standard InChI is InChI=1S/C10H12N4OS/c1-15-7-4-2-6(3-5-7)8-12-9(11)14-10(16)13-8/h2-5,8H,1H3,(H4,11,12,13,14,16)/t8-/m1/s1. The van der Waals surface area contributed by atoms with Gasteiger partial charge in [-0.15, -0.1) is 0 Å². The third kappa shape index (κ3) is 2.22. The maximum absolute atomic E-state index is 5.60. The number of rotatable bonds is 2. The van der Waals surface area contributed by atoms with Crippen molar-refractivity contribution in [2.45, 2.75) is 6.17 Å². The van der Waals surface area contributed by atoms with Crippen molar-refractivity contribution in [3.05, 3.63) is 29.8 Å². The fourth-order valence-corrected chi connectivity index (χ4v) is 1.64. The molecule has 1 atom stereocenters. The van der Waals surface area contributed by atoms with E-state index in [1.165, 1.54) is 0 Å². The monoisotopic (exact) mass is 236 g/mol. The van der Waals surface area contributed by atoms with Crippen LogP contribution in [0.5, 0.6) is 5.75 Å². The summed E-state index contributed by atoms with van der Waals surface area (Å²) in [5.41, 5.74) is 6.57. The first-order chi connectivity index (χ1) is 7.69. The van der Waals surface area contributed by atoms with Crippen LogP contribution in [-0.2, 0) is 0 Å². The molecule has 0 bridgehead atoms. The zero-order valence-electron chi connectivity index (χ0n) is 8.73. The van der Waals surface area contributed by atoms with Crippen molar-refractivity contribution in [2.24, 2.45) is 10.7 Å². The maximum Gasteiger partial charge on any atom is 0.197 e. The second kappa shape index (κ2) is 4.36. The molecule has 1 heterocycles. The number of guanidine groups is 1. The molecule has 1 aliphatic heterocycles. The molecule has 1 aromatic rings. The van der Waals surface area contributed by atoms with Gasteiger partial charge in [-0.2, -0.15) is 0 Å². The van der Waals surface area contributed by atoms with Crippen LogP contribution in [-0.4, -0.2) is 18.2 Å². The van der Waals surface area contributed by atoms with E-state index in [0.29, 0.717) is 11.1 Å². The summed E-state index contributed by atoms with van der Waals surface area (Å²) in [6.45, 7) is 0. The molecular formula is C10H12N4OS. The molecule has 5 nitrogen and oxygen atoms in total. The highest BCUT2D eigenvalue weighted by Crippen LogP contribution is 2.19. The fraction of sp³-hybridized carbons (Fsp3) is 0.200. The number of methoxy groups -OCH3 is 1. The van der Waals surface area contributed by atoms with Gasteiger partial charge in [0, 0.05) is 0 Å². The van der Waals surface area contributed by atoms with Gasteiger partial charge in [-0.25, -0.2) is 4.99 Å². The summed E-state index contributed by atoms with van der Waals surface area (Å²) in [6.07, 6.45) is -0.236. The quantitative estimate of drug-likeness (QED) is 0.652. The molecule has 6 heteroatoms. The minimum Gasteiger partial charge on any atom is -0.497 e. The summed E-state index contributed by atoms with van der Waals surface area (Å²) < 4.78 is 5.08. The normalized spacial score (nSPS) is 19.4. The molecule has 0 spiro atoms. The first kappa shape index (κ1) is 10.7. The van der Waals surface area contributed by atoms with Crippen molar-refractivity contribution in [1.29, 1.82) is 0 Å². The fourth-order valence-electron chi connectivity index (χ4n) is 1.42. The first-order valence-corrected chi connectivity index (χ1v) is 5.14. The van der Waals surface area contributed by atoms with Crippen LogP contribution in [0.15, 0.2) is 29.3 Å². The third-order valence-electron chi connectivity index (χ3n) is 2.21. The molecule has 1 aliphatic rings. The van der Waals surface area contributed by atoms with Gasteiger partial charge in [0.1, 0.15) is 11.9 Å². The lowest BCUT2D eigenvalue weighted by atomic mass is 10.1. The average Bonchev–Trinajstić information content (AvgIpc) is 2.28. The molecular weight excluding hydrogens is 224 g/mol. The van der Waals surface area contributed by atoms with Gasteiger partial charge in [-0.3, -0.25) is 0 Å². The van der Waals surface area contributed by atoms with Crippen LogP contribution in [0.25, 0.3) is 0 Å². The van der Waals surface area contributed by atoms with Crippen LogP contribution in [0.3, 0.4) is 0 Å². The lowest BCUT2D eigenvalue weighted by Crippen LogP contribution is -2.49. The molecule has 0 aliphatic carbocycles. The lowest BCUT2D eigenvalue weighted by molar-refractivity contribution is 0.414. The molecule has 1 aromatic carbocycles. The van der Waals surface area contributed by atoms with Crippen LogP contribution < -0.4 is 21.1 Å². The molecule has 0 saturated carbocycles. The van der Waals surface area contributed by atoms with Crippen LogP contribution in [0.1, 0.15) is 11.7 Å². The van der Waals surface area contributed by atoms with E-state index in [1.807, 2.05) is 24.3 Å². The van der Waals surface area contributed by atoms with E-state index in [4.69, 9.17) is 22.7 Å². The van der Waals surface area contributed by atoms with Crippen molar-refractivity contribution in [2.75, 3.05) is 7.11 Å². The van der Waals surface area contributed by atoms with Gasteiger partial charge < -0.3 is 21.1 Å². The number of thiocarbonyl (C=S) groups is 1. The second-order valence-electron chi connectivity index (χ2n) is 3.29. The van der Waals surface area contributed by atoms with E-state index in [9.17, 15) is 0 Å². The highest BCUT2D eigenvalue weighted by molar-refractivity contribution is 7.80. The summed E-state index contributed by atoms with van der Waals surface area (Å²) in [4.78, 5) is 4.20. The second-order valence-corrected chi connectivity index (χ2v) is 3.70. The molecule has 16 heavy (non-hydrogen) atoms. The molecule has 2 rings (SSSR count). The summed E-state index contributed by atoms with van der Waals surface area (Å²) in [5.74, 6) is 1.13. The van der Waals surface area contributed by atoms with Gasteiger partial charge in [0.2, 0.25) is 0 Å². The Morgan fingerprint density at radius 1 is 1.38 bits per heavy atom. The number of aliphatic imine (C=N–C) groups is 1. The molecule has 0 aromatic heterocycles. The molecule has 84 valence electrons. The number of nitrogens with one attached hydrogen (secondary N) is 2. The Bertz CT molecular complexity index is 429. The van der Waals surface area contributed by atoms with E-state index < -0.39 is 0 Å². The molecule has 0 radical (unpaired) electrons. The number of ether oxygens (including phenoxy) is 1. The van der Waals surface area contributed by atoms with Gasteiger partial charge in [-0.05, 0) is 29.9 Å². The van der Waals surface area contributed by atoms with E-state index in [1.54, 1.807) is 7.11 Å². The predicted octanol–water partition coefficient (Wildman–Crippen LogP) is 0.486. The predicted molar refractivity (Wildman–Crippen MR) is 66.2 cm³/mol. The first-order valence-electron chi connectivity index (χ1n) is 4.74. The lowest BCUT2D eigenvalue weighted by Gasteiger charge is -2.23. The largest absolute Gasteiger partial charge is 0.497 e. The van der Waals surface area contributed by atoms with Crippen molar-refractivity contribution < 1.29 is 4.74 Å². The van der Waals surface area contributed by atoms with E-state index in [2.05, 4.69) is 15.6 Å². The van der Waals surface area contributed by atoms with Gasteiger partial charge in [0.05, 0.1) is 7.11 Å². The molecule has 0 fully saturated rings. The Balaban J connectivity index is 2.23. The Morgan fingerprint density at radius 3 is 2.62 bits per heavy atom. The summed E-state index contributed by atoms with van der Waals surface area (Å²) in [5, 5.41) is 6.22. The Morgan fingerprint density at radius 2 is 2.06 bits per heavy atom. The van der Waals surface area contributed by atoms with Crippen LogP contribution in [0.2, 0.25) is 0 Å². The van der Waals surface area contributed by atoms with Gasteiger partial charge in [-0.1, -0.05) is 12.1 Å². The van der Waals surface area contributed by atoms with Crippen LogP contribution in [0, 0.1) is 0 Å². The van der Waals surface area contributed by atoms with Gasteiger partial charge in [0.25, 0.3) is 0 Å². The van der Waals surface area contributed by atoms with Crippen molar-refractivity contribution in [3.8, 4) is 5.75 Å². The third-order valence-corrected chi connectivity index (χ3v) is 2.43. The van der Waals surface area contributed by atoms with Crippen molar-refractivity contribution >= 4 is 23.3 Å². The van der Waals surface area contributed by atoms with E-state index in [-0.39, 0.29) is 6.17 Å². The molecule has 0 unspecified atom stereocenters. The highest BCUT2D eigenvalue weighted by Gasteiger charge is 2.16. The highest BCUT2D eigenvalue weighted by atomic mass is 32.1. The summed E-state index contributed by atoms with van der Waals surface area (Å²) >= 11 is 5.00. The summed E-state index contributed by atoms with van der Waals surface area (Å²) in [6, 6.07) is 7.57. The number of hydrogen-bond donors (Lipinski definition) is 3. The van der Waals surface area contributed by atoms with Gasteiger partial charge >= 0.3 is 0 Å².